The van der Waals surface area contributed by atoms with Gasteiger partial charge in [-0.25, -0.2) is 9.97 Å². The van der Waals surface area contributed by atoms with Gasteiger partial charge in [0.25, 0.3) is 0 Å². The Kier molecular flexibility index (Phi) is 7.32. The van der Waals surface area contributed by atoms with Crippen LogP contribution in [0.2, 0.25) is 0 Å². The maximum absolute atomic E-state index is 12.6. The number of hydrogen-bond acceptors (Lipinski definition) is 9. The van der Waals surface area contributed by atoms with Crippen LogP contribution in [-0.2, 0) is 14.7 Å². The number of aliphatic hydroxyl groups is 1. The lowest BCUT2D eigenvalue weighted by Gasteiger charge is -2.21. The molecule has 0 spiro atoms. The molecular weight excluding hydrogens is 477 g/mol. The molecule has 2 heterocycles. The van der Waals surface area contributed by atoms with E-state index in [1.54, 1.807) is 57.0 Å². The Morgan fingerprint density at radius 2 is 2.06 bits per heavy atom. The Bertz CT molecular complexity index is 1370. The van der Waals surface area contributed by atoms with Gasteiger partial charge in [0.1, 0.15) is 25.6 Å². The summed E-state index contributed by atoms with van der Waals surface area (Å²) in [6.07, 6.45) is 1.64. The number of methoxy groups -OCH3 is 1. The summed E-state index contributed by atoms with van der Waals surface area (Å²) in [6, 6.07) is 13.1. The Balaban J connectivity index is 1.69. The molecule has 0 radical (unpaired) electrons. The second kappa shape index (κ2) is 10.3. The van der Waals surface area contributed by atoms with Crippen LogP contribution in [0.3, 0.4) is 0 Å². The van der Waals surface area contributed by atoms with E-state index in [0.717, 1.165) is 16.8 Å². The Hall–Kier alpha value is -3.44. The third kappa shape index (κ3) is 5.21. The minimum Gasteiger partial charge on any atom is -0.489 e. The molecule has 1 aliphatic heterocycles. The SMILES string of the molecule is COCCOc1cc(P(C)(C)=O)ccc1Nc1nccc(-c2cc(C#N)c3c(c2)[C@@](C)(CO)CN3)n1. The quantitative estimate of drug-likeness (QED) is 0.293. The van der Waals surface area contributed by atoms with Crippen LogP contribution in [0, 0.1) is 11.3 Å². The summed E-state index contributed by atoms with van der Waals surface area (Å²) in [7, 11) is -0.884. The molecule has 10 heteroatoms. The standard InChI is InChI=1S/C26H30N5O4P/c1-26(16-32)15-29-24-18(14-27)11-17(12-20(24)26)21-7-8-28-25(30-21)31-22-6-5-19(36(3,4)33)13-23(22)35-10-9-34-2/h5-8,11-13,29,32H,9-10,15-16H2,1-4H3,(H,28,30,31)/t26-/m1/s1. The molecule has 0 bridgehead atoms. The van der Waals surface area contributed by atoms with Gasteiger partial charge in [0.05, 0.1) is 35.8 Å². The number of nitrogens with one attached hydrogen (secondary N) is 2. The molecule has 36 heavy (non-hydrogen) atoms. The summed E-state index contributed by atoms with van der Waals surface area (Å²) in [5.41, 5.74) is 3.67. The van der Waals surface area contributed by atoms with Crippen molar-refractivity contribution in [1.82, 2.24) is 9.97 Å². The molecule has 1 aliphatic rings. The smallest absolute Gasteiger partial charge is 0.227 e. The first-order valence-electron chi connectivity index (χ1n) is 11.5. The summed E-state index contributed by atoms with van der Waals surface area (Å²) >= 11 is 0. The third-order valence-electron chi connectivity index (χ3n) is 6.24. The highest BCUT2D eigenvalue weighted by atomic mass is 31.2. The largest absolute Gasteiger partial charge is 0.489 e. The molecule has 3 N–H and O–H groups in total. The molecular formula is C26H30N5O4P. The van der Waals surface area contributed by atoms with Crippen LogP contribution in [0.4, 0.5) is 17.3 Å². The van der Waals surface area contributed by atoms with E-state index in [0.29, 0.717) is 53.7 Å². The van der Waals surface area contributed by atoms with Crippen LogP contribution in [0.15, 0.2) is 42.6 Å². The molecule has 3 aromatic rings. The third-order valence-corrected chi connectivity index (χ3v) is 7.76. The molecule has 0 fully saturated rings. The predicted molar refractivity (Wildman–Crippen MR) is 141 cm³/mol. The second-order valence-electron chi connectivity index (χ2n) is 9.39. The predicted octanol–water partition coefficient (Wildman–Crippen LogP) is 3.71. The van der Waals surface area contributed by atoms with E-state index >= 15 is 0 Å². The number of aliphatic hydroxyl groups excluding tert-OH is 1. The van der Waals surface area contributed by atoms with Crippen molar-refractivity contribution in [2.45, 2.75) is 12.3 Å². The van der Waals surface area contributed by atoms with Crippen LogP contribution in [-0.4, -0.2) is 61.9 Å². The van der Waals surface area contributed by atoms with Gasteiger partial charge < -0.3 is 29.8 Å². The average molecular weight is 508 g/mol. The monoisotopic (exact) mass is 507 g/mol. The van der Waals surface area contributed by atoms with Crippen molar-refractivity contribution in [2.24, 2.45) is 0 Å². The van der Waals surface area contributed by atoms with Crippen LogP contribution < -0.4 is 20.7 Å². The number of anilines is 3. The van der Waals surface area contributed by atoms with Crippen molar-refractivity contribution in [2.75, 3.05) is 57.4 Å². The number of fused-ring (bicyclic) bond motifs is 1. The minimum absolute atomic E-state index is 0.0395. The van der Waals surface area contributed by atoms with Crippen molar-refractivity contribution in [3.63, 3.8) is 0 Å². The van der Waals surface area contributed by atoms with Gasteiger partial charge in [-0.2, -0.15) is 5.26 Å². The zero-order chi connectivity index (χ0) is 25.9. The van der Waals surface area contributed by atoms with Gasteiger partial charge in [0.2, 0.25) is 5.95 Å². The number of hydrogen-bond donors (Lipinski definition) is 3. The molecule has 9 nitrogen and oxygen atoms in total. The lowest BCUT2D eigenvalue weighted by molar-refractivity contribution is 0.147. The fourth-order valence-electron chi connectivity index (χ4n) is 4.07. The zero-order valence-electron chi connectivity index (χ0n) is 20.8. The Morgan fingerprint density at radius 1 is 1.25 bits per heavy atom. The summed E-state index contributed by atoms with van der Waals surface area (Å²) in [4.78, 5) is 9.03. The molecule has 188 valence electrons. The highest BCUT2D eigenvalue weighted by Crippen LogP contribution is 2.41. The van der Waals surface area contributed by atoms with E-state index < -0.39 is 12.6 Å². The lowest BCUT2D eigenvalue weighted by Crippen LogP contribution is -2.28. The number of ether oxygens (including phenoxy) is 2. The zero-order valence-corrected chi connectivity index (χ0v) is 21.7. The van der Waals surface area contributed by atoms with Gasteiger partial charge in [-0.3, -0.25) is 0 Å². The van der Waals surface area contributed by atoms with Crippen LogP contribution in [0.25, 0.3) is 11.3 Å². The molecule has 1 aromatic heterocycles. The van der Waals surface area contributed by atoms with Crippen molar-refractivity contribution >= 4 is 29.8 Å². The van der Waals surface area contributed by atoms with Gasteiger partial charge in [0.15, 0.2) is 0 Å². The lowest BCUT2D eigenvalue weighted by atomic mass is 9.83. The van der Waals surface area contributed by atoms with E-state index in [4.69, 9.17) is 9.47 Å². The molecule has 0 saturated heterocycles. The summed E-state index contributed by atoms with van der Waals surface area (Å²) < 4.78 is 23.6. The molecule has 4 rings (SSSR count). The Morgan fingerprint density at radius 3 is 2.75 bits per heavy atom. The summed E-state index contributed by atoms with van der Waals surface area (Å²) in [5.74, 6) is 0.867. The normalized spacial score (nSPS) is 16.7. The van der Waals surface area contributed by atoms with Gasteiger partial charge in [-0.15, -0.1) is 0 Å². The van der Waals surface area contributed by atoms with Gasteiger partial charge in [-0.1, -0.05) is 6.92 Å². The Labute approximate surface area is 210 Å². The number of rotatable bonds is 9. The van der Waals surface area contributed by atoms with Crippen molar-refractivity contribution < 1.29 is 19.1 Å². The molecule has 0 amide bonds. The summed E-state index contributed by atoms with van der Waals surface area (Å²) in [5, 5.41) is 26.9. The molecule has 0 unspecified atom stereocenters. The number of benzene rings is 2. The number of aromatic nitrogens is 2. The van der Waals surface area contributed by atoms with Crippen molar-refractivity contribution in [3.05, 3.63) is 53.7 Å². The van der Waals surface area contributed by atoms with Gasteiger partial charge in [-0.05, 0) is 55.3 Å². The fraction of sp³-hybridized carbons (Fsp3) is 0.346. The van der Waals surface area contributed by atoms with Crippen molar-refractivity contribution in [3.8, 4) is 23.1 Å². The molecule has 1 atom stereocenters. The van der Waals surface area contributed by atoms with E-state index in [9.17, 15) is 14.9 Å². The maximum Gasteiger partial charge on any atom is 0.227 e. The van der Waals surface area contributed by atoms with E-state index in [2.05, 4.69) is 26.7 Å². The molecule has 0 saturated carbocycles. The average Bonchev–Trinajstić information content (AvgIpc) is 3.21. The maximum atomic E-state index is 12.6. The van der Waals surface area contributed by atoms with Crippen LogP contribution in [0.1, 0.15) is 18.1 Å². The van der Waals surface area contributed by atoms with Crippen LogP contribution >= 0.6 is 7.14 Å². The van der Waals surface area contributed by atoms with E-state index in [-0.39, 0.29) is 6.61 Å². The number of nitrogens with zero attached hydrogens (tertiary/aromatic N) is 3. The first-order chi connectivity index (χ1) is 17.2. The minimum atomic E-state index is -2.48. The fourth-order valence-corrected chi connectivity index (χ4v) is 4.93. The van der Waals surface area contributed by atoms with E-state index in [1.807, 2.05) is 13.0 Å². The first kappa shape index (κ1) is 25.6. The second-order valence-corrected chi connectivity index (χ2v) is 12.6. The molecule has 0 aliphatic carbocycles. The summed E-state index contributed by atoms with van der Waals surface area (Å²) in [6.45, 7) is 6.64. The van der Waals surface area contributed by atoms with Crippen LogP contribution in [0.5, 0.6) is 5.75 Å². The van der Waals surface area contributed by atoms with Gasteiger partial charge >= 0.3 is 0 Å². The number of nitriles is 1. The highest BCUT2D eigenvalue weighted by molar-refractivity contribution is 7.70. The van der Waals surface area contributed by atoms with Gasteiger partial charge in [0, 0.05) is 36.1 Å². The van der Waals surface area contributed by atoms with E-state index in [1.165, 1.54) is 0 Å². The first-order valence-corrected chi connectivity index (χ1v) is 14.1. The topological polar surface area (TPSA) is 129 Å². The highest BCUT2D eigenvalue weighted by Gasteiger charge is 2.36. The van der Waals surface area contributed by atoms with Crippen molar-refractivity contribution in [1.29, 1.82) is 5.26 Å². The molecule has 2 aromatic carbocycles.